The zero-order valence-corrected chi connectivity index (χ0v) is 9.67. The van der Waals surface area contributed by atoms with Gasteiger partial charge in [-0.1, -0.05) is 60.7 Å². The predicted octanol–water partition coefficient (Wildman–Crippen LogP) is 3.54. The highest BCUT2D eigenvalue weighted by Gasteiger charge is 2.10. The van der Waals surface area contributed by atoms with Gasteiger partial charge in [0.1, 0.15) is 17.7 Å². The summed E-state index contributed by atoms with van der Waals surface area (Å²) >= 11 is 0. The molecule has 0 N–H and O–H groups in total. The molecule has 0 saturated carbocycles. The summed E-state index contributed by atoms with van der Waals surface area (Å²) in [5.74, 6) is 0. The molecule has 0 spiro atoms. The number of allylic oxidation sites excluding steroid dienone is 1. The van der Waals surface area contributed by atoms with Gasteiger partial charge in [-0.2, -0.15) is 10.5 Å². The van der Waals surface area contributed by atoms with Crippen LogP contribution in [0.5, 0.6) is 0 Å². The molecule has 84 valence electrons. The maximum absolute atomic E-state index is 9.09. The Labute approximate surface area is 106 Å². The summed E-state index contributed by atoms with van der Waals surface area (Å²) in [6, 6.07) is 22.9. The Morgan fingerprint density at radius 2 is 1.06 bits per heavy atom. The lowest BCUT2D eigenvalue weighted by atomic mass is 9.94. The van der Waals surface area contributed by atoms with E-state index in [1.54, 1.807) is 0 Å². The van der Waals surface area contributed by atoms with Crippen LogP contribution in [0.2, 0.25) is 0 Å². The number of rotatable bonds is 2. The molecule has 0 amide bonds. The van der Waals surface area contributed by atoms with E-state index in [1.165, 1.54) is 0 Å². The molecule has 0 saturated heterocycles. The zero-order chi connectivity index (χ0) is 12.8. The fourth-order valence-corrected chi connectivity index (χ4v) is 1.80. The third-order valence-electron chi connectivity index (χ3n) is 2.60. The zero-order valence-electron chi connectivity index (χ0n) is 9.67. The molecule has 0 aromatic heterocycles. The summed E-state index contributed by atoms with van der Waals surface area (Å²) in [5, 5.41) is 18.2. The van der Waals surface area contributed by atoms with Crippen LogP contribution in [0.25, 0.3) is 5.57 Å². The second kappa shape index (κ2) is 5.48. The Morgan fingerprint density at radius 1 is 0.667 bits per heavy atom. The Balaban J connectivity index is 2.69. The van der Waals surface area contributed by atoms with Crippen molar-refractivity contribution in [2.45, 2.75) is 0 Å². The lowest BCUT2D eigenvalue weighted by molar-refractivity contribution is 1.44. The number of hydrogen-bond donors (Lipinski definition) is 0. The van der Waals surface area contributed by atoms with Gasteiger partial charge in [0, 0.05) is 5.57 Å². The minimum atomic E-state index is 0.132. The van der Waals surface area contributed by atoms with Gasteiger partial charge in [0.05, 0.1) is 0 Å². The molecule has 2 rings (SSSR count). The van der Waals surface area contributed by atoms with Crippen molar-refractivity contribution in [2.75, 3.05) is 0 Å². The summed E-state index contributed by atoms with van der Waals surface area (Å²) in [6.45, 7) is 0. The predicted molar refractivity (Wildman–Crippen MR) is 70.1 cm³/mol. The van der Waals surface area contributed by atoms with E-state index in [1.807, 2.05) is 72.8 Å². The van der Waals surface area contributed by atoms with Crippen LogP contribution in [-0.2, 0) is 0 Å². The van der Waals surface area contributed by atoms with E-state index in [4.69, 9.17) is 10.5 Å². The van der Waals surface area contributed by atoms with Crippen molar-refractivity contribution in [1.82, 2.24) is 0 Å². The molecule has 0 aliphatic carbocycles. The molecule has 0 bridgehead atoms. The van der Waals surface area contributed by atoms with Gasteiger partial charge in [-0.25, -0.2) is 0 Å². The van der Waals surface area contributed by atoms with Crippen LogP contribution < -0.4 is 0 Å². The summed E-state index contributed by atoms with van der Waals surface area (Å²) in [7, 11) is 0. The fourth-order valence-electron chi connectivity index (χ4n) is 1.80. The van der Waals surface area contributed by atoms with Gasteiger partial charge in [0.15, 0.2) is 0 Å². The van der Waals surface area contributed by atoms with Crippen LogP contribution in [0.4, 0.5) is 0 Å². The van der Waals surface area contributed by atoms with Gasteiger partial charge >= 0.3 is 0 Å². The smallest absolute Gasteiger partial charge is 0.138 e. The summed E-state index contributed by atoms with van der Waals surface area (Å²) in [4.78, 5) is 0. The first kappa shape index (κ1) is 11.6. The minimum absolute atomic E-state index is 0.132. The second-order valence-corrected chi connectivity index (χ2v) is 3.71. The van der Waals surface area contributed by atoms with Crippen LogP contribution in [0.15, 0.2) is 66.2 Å². The van der Waals surface area contributed by atoms with Gasteiger partial charge in [-0.15, -0.1) is 0 Å². The van der Waals surface area contributed by atoms with Crippen LogP contribution in [-0.4, -0.2) is 0 Å². The molecule has 2 heteroatoms. The maximum Gasteiger partial charge on any atom is 0.138 e. The van der Waals surface area contributed by atoms with E-state index in [9.17, 15) is 0 Å². The average Bonchev–Trinajstić information content (AvgIpc) is 2.46. The maximum atomic E-state index is 9.09. The van der Waals surface area contributed by atoms with E-state index >= 15 is 0 Å². The third kappa shape index (κ3) is 2.29. The molecule has 0 heterocycles. The minimum Gasteiger partial charge on any atom is -0.192 e. The topological polar surface area (TPSA) is 47.6 Å². The van der Waals surface area contributed by atoms with Gasteiger partial charge in [-0.05, 0) is 11.1 Å². The Morgan fingerprint density at radius 3 is 1.39 bits per heavy atom. The molecule has 0 radical (unpaired) electrons. The van der Waals surface area contributed by atoms with Crippen molar-refractivity contribution in [3.05, 3.63) is 77.4 Å². The lowest BCUT2D eigenvalue weighted by Gasteiger charge is -2.07. The number of benzene rings is 2. The molecular weight excluding hydrogens is 220 g/mol. The molecule has 18 heavy (non-hydrogen) atoms. The van der Waals surface area contributed by atoms with Crippen LogP contribution in [0.3, 0.4) is 0 Å². The number of hydrogen-bond acceptors (Lipinski definition) is 2. The van der Waals surface area contributed by atoms with Gasteiger partial charge < -0.3 is 0 Å². The first-order valence-electron chi connectivity index (χ1n) is 5.52. The molecule has 2 nitrogen and oxygen atoms in total. The molecule has 2 aromatic carbocycles. The average molecular weight is 230 g/mol. The van der Waals surface area contributed by atoms with Crippen LogP contribution in [0.1, 0.15) is 11.1 Å². The van der Waals surface area contributed by atoms with E-state index in [0.717, 1.165) is 11.1 Å². The summed E-state index contributed by atoms with van der Waals surface area (Å²) in [6.07, 6.45) is 0. The van der Waals surface area contributed by atoms with Crippen LogP contribution >= 0.6 is 0 Å². The highest BCUT2D eigenvalue weighted by Crippen LogP contribution is 2.26. The molecule has 0 unspecified atom stereocenters. The standard InChI is InChI=1S/C16H10N2/c17-11-15(12-18)16(13-7-3-1-4-8-13)14-9-5-2-6-10-14/h1-10H. The summed E-state index contributed by atoms with van der Waals surface area (Å²) in [5.41, 5.74) is 2.57. The number of nitrogens with zero attached hydrogens (tertiary/aromatic N) is 2. The third-order valence-corrected chi connectivity index (χ3v) is 2.60. The first-order valence-corrected chi connectivity index (χ1v) is 5.52. The van der Waals surface area contributed by atoms with Crippen LogP contribution in [0, 0.1) is 22.7 Å². The Kier molecular flexibility index (Phi) is 3.54. The SMILES string of the molecule is N#CC(C#N)=C(c1ccccc1)c1ccccc1. The fraction of sp³-hybridized carbons (Fsp3) is 0. The Hall–Kier alpha value is -2.84. The number of nitriles is 2. The van der Waals surface area contributed by atoms with Crippen molar-refractivity contribution in [3.8, 4) is 12.1 Å². The molecule has 0 aliphatic rings. The molecule has 0 aliphatic heterocycles. The van der Waals surface area contributed by atoms with E-state index < -0.39 is 0 Å². The van der Waals surface area contributed by atoms with Crippen molar-refractivity contribution < 1.29 is 0 Å². The van der Waals surface area contributed by atoms with Crippen molar-refractivity contribution in [1.29, 1.82) is 10.5 Å². The lowest BCUT2D eigenvalue weighted by Crippen LogP contribution is -1.91. The molecular formula is C16H10N2. The molecule has 2 aromatic rings. The van der Waals surface area contributed by atoms with Gasteiger partial charge in [0.25, 0.3) is 0 Å². The van der Waals surface area contributed by atoms with E-state index in [0.29, 0.717) is 5.57 Å². The highest BCUT2D eigenvalue weighted by atomic mass is 14.3. The monoisotopic (exact) mass is 230 g/mol. The largest absolute Gasteiger partial charge is 0.192 e. The van der Waals surface area contributed by atoms with Crippen molar-refractivity contribution >= 4 is 5.57 Å². The van der Waals surface area contributed by atoms with Crippen molar-refractivity contribution in [2.24, 2.45) is 0 Å². The normalized spacial score (nSPS) is 9.00. The Bertz CT molecular complexity index is 583. The van der Waals surface area contributed by atoms with Gasteiger partial charge in [0.2, 0.25) is 0 Å². The van der Waals surface area contributed by atoms with Crippen molar-refractivity contribution in [3.63, 3.8) is 0 Å². The molecule has 0 atom stereocenters. The van der Waals surface area contributed by atoms with E-state index in [-0.39, 0.29) is 5.57 Å². The highest BCUT2D eigenvalue weighted by molar-refractivity contribution is 5.86. The first-order chi connectivity index (χ1) is 8.86. The van der Waals surface area contributed by atoms with Gasteiger partial charge in [-0.3, -0.25) is 0 Å². The quantitative estimate of drug-likeness (QED) is 0.741. The molecule has 0 fully saturated rings. The second-order valence-electron chi connectivity index (χ2n) is 3.71. The summed E-state index contributed by atoms with van der Waals surface area (Å²) < 4.78 is 0. The van der Waals surface area contributed by atoms with E-state index in [2.05, 4.69) is 0 Å².